The highest BCUT2D eigenvalue weighted by atomic mass is 16.5. The molecule has 4 bridgehead atoms. The van der Waals surface area contributed by atoms with Crippen molar-refractivity contribution in [3.8, 4) is 45.3 Å². The minimum atomic E-state index is 0.828. The first-order chi connectivity index (χ1) is 31.5. The van der Waals surface area contributed by atoms with Crippen molar-refractivity contribution in [2.45, 2.75) is 38.5 Å². The maximum atomic E-state index is 5.48. The number of ether oxygens (including phenoxy) is 4. The van der Waals surface area contributed by atoms with Gasteiger partial charge >= 0.3 is 0 Å². The summed E-state index contributed by atoms with van der Waals surface area (Å²) in [4.78, 5) is 4.54. The molecule has 0 spiro atoms. The van der Waals surface area contributed by atoms with Gasteiger partial charge in [-0.3, -0.25) is 0 Å². The van der Waals surface area contributed by atoms with Crippen molar-refractivity contribution < 1.29 is 18.9 Å². The van der Waals surface area contributed by atoms with Crippen molar-refractivity contribution in [1.82, 2.24) is 0 Å². The fraction of sp³-hybridized carbons (Fsp3) is 0.172. The summed E-state index contributed by atoms with van der Waals surface area (Å²) in [5.74, 6) is 3.31. The molecule has 0 saturated heterocycles. The Morgan fingerprint density at radius 3 is 0.828 bits per heavy atom. The van der Waals surface area contributed by atoms with Crippen LogP contribution in [0.3, 0.4) is 0 Å². The van der Waals surface area contributed by atoms with E-state index >= 15 is 0 Å². The number of methoxy groups -OCH3 is 4. The highest BCUT2D eigenvalue weighted by Gasteiger charge is 2.17. The van der Waals surface area contributed by atoms with E-state index in [1.165, 1.54) is 44.5 Å². The number of nitrogens with zero attached hydrogens (tertiary/aromatic N) is 2. The third-order valence-corrected chi connectivity index (χ3v) is 12.4. The van der Waals surface area contributed by atoms with Crippen LogP contribution in [0, 0.1) is 0 Å². The lowest BCUT2D eigenvalue weighted by molar-refractivity contribution is 0.414. The van der Waals surface area contributed by atoms with Crippen LogP contribution in [-0.4, -0.2) is 28.4 Å². The van der Waals surface area contributed by atoms with Gasteiger partial charge in [0.2, 0.25) is 0 Å². The van der Waals surface area contributed by atoms with E-state index in [2.05, 4.69) is 143 Å². The summed E-state index contributed by atoms with van der Waals surface area (Å²) in [6.07, 6.45) is 6.13. The van der Waals surface area contributed by atoms with Gasteiger partial charge in [-0.2, -0.15) is 0 Å². The van der Waals surface area contributed by atoms with Crippen molar-refractivity contribution in [2.75, 3.05) is 38.2 Å². The van der Waals surface area contributed by atoms with Crippen molar-refractivity contribution in [1.29, 1.82) is 0 Å². The summed E-state index contributed by atoms with van der Waals surface area (Å²) < 4.78 is 21.9. The van der Waals surface area contributed by atoms with Gasteiger partial charge in [-0.15, -0.1) is 0 Å². The fourth-order valence-corrected chi connectivity index (χ4v) is 8.90. The second-order valence-corrected chi connectivity index (χ2v) is 16.2. The number of hydrogen-bond donors (Lipinski definition) is 0. The largest absolute Gasteiger partial charge is 0.497 e. The van der Waals surface area contributed by atoms with E-state index < -0.39 is 0 Å². The summed E-state index contributed by atoms with van der Waals surface area (Å²) in [5.41, 5.74) is 17.0. The summed E-state index contributed by atoms with van der Waals surface area (Å²) in [6, 6.07) is 65.3. The van der Waals surface area contributed by atoms with Gasteiger partial charge in [0.25, 0.3) is 0 Å². The molecule has 0 aliphatic heterocycles. The van der Waals surface area contributed by atoms with E-state index in [4.69, 9.17) is 18.9 Å². The molecule has 6 heteroatoms. The Morgan fingerprint density at radius 1 is 0.297 bits per heavy atom. The standard InChI is InChI=1S/C58H54N2O4/c1-61-53-31-23-49(24-32-53)59(50-25-33-54(62-2)34-26-50)47-19-15-45(16-20-47)57-39-41-7-6-10-44-14-12-42(8-5-9-43(57)13-11-41)40-58(44)46-17-21-48(22-18-46)60(51-27-35-55(63-3)36-28-51)52-29-37-56(64-4)38-30-52/h11-40H,5-10H2,1-4H3. The smallest absolute Gasteiger partial charge is 0.119 e. The predicted molar refractivity (Wildman–Crippen MR) is 263 cm³/mol. The Kier molecular flexibility index (Phi) is 12.6. The van der Waals surface area contributed by atoms with Gasteiger partial charge in [0.1, 0.15) is 23.0 Å². The van der Waals surface area contributed by atoms with Crippen LogP contribution in [0.1, 0.15) is 35.1 Å². The van der Waals surface area contributed by atoms with Gasteiger partial charge in [0, 0.05) is 34.1 Å². The molecule has 0 amide bonds. The maximum absolute atomic E-state index is 5.48. The van der Waals surface area contributed by atoms with Crippen LogP contribution in [-0.2, 0) is 25.7 Å². The first kappa shape index (κ1) is 41.9. The van der Waals surface area contributed by atoms with Crippen LogP contribution in [0.4, 0.5) is 34.1 Å². The van der Waals surface area contributed by atoms with Gasteiger partial charge in [-0.25, -0.2) is 0 Å². The Hall–Kier alpha value is -7.44. The van der Waals surface area contributed by atoms with E-state index in [1.807, 2.05) is 48.5 Å². The summed E-state index contributed by atoms with van der Waals surface area (Å²) in [5, 5.41) is 0. The van der Waals surface area contributed by atoms with Crippen LogP contribution in [0.25, 0.3) is 22.3 Å². The van der Waals surface area contributed by atoms with Crippen LogP contribution >= 0.6 is 0 Å². The van der Waals surface area contributed by atoms with Crippen LogP contribution in [0.15, 0.2) is 182 Å². The average Bonchev–Trinajstić information content (AvgIpc) is 3.36. The molecular formula is C58H54N2O4. The molecule has 4 aliphatic rings. The molecule has 0 heterocycles. The van der Waals surface area contributed by atoms with E-state index in [0.29, 0.717) is 0 Å². The summed E-state index contributed by atoms with van der Waals surface area (Å²) in [6.45, 7) is 0. The first-order valence-electron chi connectivity index (χ1n) is 22.1. The van der Waals surface area contributed by atoms with Gasteiger partial charge in [0.05, 0.1) is 28.4 Å². The van der Waals surface area contributed by atoms with Crippen LogP contribution in [0.2, 0.25) is 0 Å². The van der Waals surface area contributed by atoms with E-state index in [1.54, 1.807) is 28.4 Å². The zero-order valence-corrected chi connectivity index (χ0v) is 37.1. The predicted octanol–water partition coefficient (Wildman–Crippen LogP) is 14.7. The summed E-state index contributed by atoms with van der Waals surface area (Å²) >= 11 is 0. The first-order valence-corrected chi connectivity index (χ1v) is 22.1. The quantitative estimate of drug-likeness (QED) is 0.122. The number of benzene rings is 8. The number of aryl methyl sites for hydroxylation is 4. The molecule has 0 N–H and O–H groups in total. The molecule has 8 aromatic carbocycles. The lowest BCUT2D eigenvalue weighted by Crippen LogP contribution is -2.10. The molecule has 4 aliphatic carbocycles. The topological polar surface area (TPSA) is 43.4 Å². The van der Waals surface area contributed by atoms with E-state index in [-0.39, 0.29) is 0 Å². The normalized spacial score (nSPS) is 12.3. The molecule has 12 rings (SSSR count). The van der Waals surface area contributed by atoms with Crippen molar-refractivity contribution in [3.05, 3.63) is 204 Å². The molecule has 0 radical (unpaired) electrons. The Labute approximate surface area is 377 Å². The Morgan fingerprint density at radius 2 is 0.562 bits per heavy atom. The highest BCUT2D eigenvalue weighted by Crippen LogP contribution is 2.40. The lowest BCUT2D eigenvalue weighted by Gasteiger charge is -2.26. The zero-order chi connectivity index (χ0) is 43.8. The second kappa shape index (κ2) is 19.3. The average molecular weight is 843 g/mol. The fourth-order valence-electron chi connectivity index (χ4n) is 8.90. The molecule has 64 heavy (non-hydrogen) atoms. The SMILES string of the molecule is COc1ccc(N(c2ccc(OC)cc2)c2ccc(-c3cc4ccc3CCCc3ccc(c(-c5ccc(N(c6ccc(OC)cc6)c6ccc(OC)cc6)cc5)c3)CCC4)cc2)cc1. The molecule has 0 unspecified atom stereocenters. The number of rotatable bonds is 12. The van der Waals surface area contributed by atoms with Gasteiger partial charge in [-0.1, -0.05) is 60.7 Å². The summed E-state index contributed by atoms with van der Waals surface area (Å²) in [7, 11) is 6.79. The van der Waals surface area contributed by atoms with Crippen molar-refractivity contribution >= 4 is 34.1 Å². The monoisotopic (exact) mass is 842 g/mol. The molecule has 6 nitrogen and oxygen atoms in total. The van der Waals surface area contributed by atoms with E-state index in [0.717, 1.165) is 95.6 Å². The van der Waals surface area contributed by atoms with Gasteiger partial charge < -0.3 is 28.7 Å². The van der Waals surface area contributed by atoms with Crippen molar-refractivity contribution in [3.63, 3.8) is 0 Å². The minimum Gasteiger partial charge on any atom is -0.497 e. The van der Waals surface area contributed by atoms with Crippen molar-refractivity contribution in [2.24, 2.45) is 0 Å². The highest BCUT2D eigenvalue weighted by molar-refractivity contribution is 5.81. The molecule has 0 atom stereocenters. The molecular weight excluding hydrogens is 789 g/mol. The molecule has 8 aromatic rings. The van der Waals surface area contributed by atoms with Gasteiger partial charge in [-0.05, 0) is 204 Å². The third-order valence-electron chi connectivity index (χ3n) is 12.4. The Bertz CT molecular complexity index is 2490. The zero-order valence-electron chi connectivity index (χ0n) is 37.1. The van der Waals surface area contributed by atoms with Gasteiger partial charge in [0.15, 0.2) is 0 Å². The number of anilines is 6. The van der Waals surface area contributed by atoms with E-state index in [9.17, 15) is 0 Å². The molecule has 0 saturated carbocycles. The molecule has 0 aromatic heterocycles. The van der Waals surface area contributed by atoms with Crippen LogP contribution < -0.4 is 28.7 Å². The van der Waals surface area contributed by atoms with Crippen LogP contribution in [0.5, 0.6) is 23.0 Å². The molecule has 0 fully saturated rings. The molecule has 320 valence electrons. The second-order valence-electron chi connectivity index (χ2n) is 16.2. The third kappa shape index (κ3) is 9.18. The maximum Gasteiger partial charge on any atom is 0.119 e. The Balaban J connectivity index is 0.966. The number of hydrogen-bond acceptors (Lipinski definition) is 6. The lowest BCUT2D eigenvalue weighted by atomic mass is 9.89. The minimum absolute atomic E-state index is 0.828.